The molecule has 1 heterocycles. The minimum atomic E-state index is -0.289. The number of methoxy groups -OCH3 is 3. The topological polar surface area (TPSA) is 81.6 Å². The molecule has 1 N–H and O–H groups in total. The zero-order valence-corrected chi connectivity index (χ0v) is 14.3. The number of carbonyl (C=O) groups excluding carboxylic acids is 1. The summed E-state index contributed by atoms with van der Waals surface area (Å²) in [4.78, 5) is 18.6. The largest absolute Gasteiger partial charge is 0.493 e. The number of ether oxygens (including phenoxy) is 4. The second-order valence-corrected chi connectivity index (χ2v) is 5.09. The van der Waals surface area contributed by atoms with Gasteiger partial charge in [0.25, 0.3) is 5.91 Å². The van der Waals surface area contributed by atoms with Crippen LogP contribution in [0.1, 0.15) is 10.4 Å². The van der Waals surface area contributed by atoms with E-state index in [1.807, 2.05) is 0 Å². The average molecular weight is 337 g/mol. The molecule has 1 aromatic rings. The Balaban J connectivity index is 2.26. The van der Waals surface area contributed by atoms with E-state index in [-0.39, 0.29) is 5.91 Å². The van der Waals surface area contributed by atoms with Crippen molar-refractivity contribution < 1.29 is 23.7 Å². The molecule has 1 aliphatic rings. The van der Waals surface area contributed by atoms with Gasteiger partial charge in [-0.3, -0.25) is 14.7 Å². The molecule has 1 saturated heterocycles. The van der Waals surface area contributed by atoms with Gasteiger partial charge in [0.15, 0.2) is 11.5 Å². The Morgan fingerprint density at radius 1 is 1.25 bits per heavy atom. The van der Waals surface area contributed by atoms with Crippen LogP contribution < -0.4 is 19.5 Å². The standard InChI is InChI=1S/C16H23N3O5/c1-17-13-11(9-12(21-2)14(22-3)15(13)23-4)16(20)18-10-19-5-7-24-8-6-19/h9H,1,5-8,10H2,2-4H3,(H,18,20). The van der Waals surface area contributed by atoms with Gasteiger partial charge in [-0.05, 0) is 12.8 Å². The van der Waals surface area contributed by atoms with E-state index in [2.05, 4.69) is 21.9 Å². The average Bonchev–Trinajstić information content (AvgIpc) is 2.64. The van der Waals surface area contributed by atoms with E-state index in [1.165, 1.54) is 21.3 Å². The van der Waals surface area contributed by atoms with E-state index in [4.69, 9.17) is 18.9 Å². The third-order valence-corrected chi connectivity index (χ3v) is 3.77. The number of nitrogens with one attached hydrogen (secondary N) is 1. The number of morpholine rings is 1. The summed E-state index contributed by atoms with van der Waals surface area (Å²) in [7, 11) is 4.46. The lowest BCUT2D eigenvalue weighted by Crippen LogP contribution is -2.43. The Morgan fingerprint density at radius 2 is 1.92 bits per heavy atom. The fourth-order valence-electron chi connectivity index (χ4n) is 2.51. The molecule has 8 heteroatoms. The number of carbonyl (C=O) groups is 1. The second-order valence-electron chi connectivity index (χ2n) is 5.09. The molecule has 0 bridgehead atoms. The van der Waals surface area contributed by atoms with Crippen molar-refractivity contribution in [2.45, 2.75) is 0 Å². The van der Waals surface area contributed by atoms with E-state index < -0.39 is 0 Å². The third-order valence-electron chi connectivity index (χ3n) is 3.77. The van der Waals surface area contributed by atoms with Crippen LogP contribution in [0.2, 0.25) is 0 Å². The Morgan fingerprint density at radius 3 is 2.46 bits per heavy atom. The normalized spacial score (nSPS) is 14.8. The molecular formula is C16H23N3O5. The predicted molar refractivity (Wildman–Crippen MR) is 90.0 cm³/mol. The lowest BCUT2D eigenvalue weighted by atomic mass is 10.1. The van der Waals surface area contributed by atoms with Gasteiger partial charge in [0.2, 0.25) is 5.75 Å². The van der Waals surface area contributed by atoms with Crippen LogP contribution in [0.3, 0.4) is 0 Å². The summed E-state index contributed by atoms with van der Waals surface area (Å²) < 4.78 is 21.2. The van der Waals surface area contributed by atoms with Crippen LogP contribution in [-0.4, -0.2) is 71.8 Å². The van der Waals surface area contributed by atoms with Crippen molar-refractivity contribution in [1.82, 2.24) is 10.2 Å². The monoisotopic (exact) mass is 337 g/mol. The maximum atomic E-state index is 12.6. The highest BCUT2D eigenvalue weighted by atomic mass is 16.5. The summed E-state index contributed by atoms with van der Waals surface area (Å²) >= 11 is 0. The van der Waals surface area contributed by atoms with E-state index in [1.54, 1.807) is 6.07 Å². The summed E-state index contributed by atoms with van der Waals surface area (Å²) in [5.74, 6) is 0.775. The van der Waals surface area contributed by atoms with Gasteiger partial charge < -0.3 is 24.3 Å². The minimum Gasteiger partial charge on any atom is -0.493 e. The number of rotatable bonds is 7. The fraction of sp³-hybridized carbons (Fsp3) is 0.500. The predicted octanol–water partition coefficient (Wildman–Crippen LogP) is 1.06. The summed E-state index contributed by atoms with van der Waals surface area (Å²) in [6, 6.07) is 1.57. The Bertz CT molecular complexity index is 600. The van der Waals surface area contributed by atoms with Gasteiger partial charge in [-0.15, -0.1) is 0 Å². The van der Waals surface area contributed by atoms with Gasteiger partial charge in [0.1, 0.15) is 5.69 Å². The van der Waals surface area contributed by atoms with Crippen LogP contribution in [0.15, 0.2) is 11.1 Å². The van der Waals surface area contributed by atoms with Crippen molar-refractivity contribution in [3.63, 3.8) is 0 Å². The SMILES string of the molecule is C=Nc1c(C(=O)NCN2CCOCC2)cc(OC)c(OC)c1OC. The summed E-state index contributed by atoms with van der Waals surface area (Å²) in [6.45, 7) is 6.85. The van der Waals surface area contributed by atoms with Crippen LogP contribution in [0.25, 0.3) is 0 Å². The first-order valence-corrected chi connectivity index (χ1v) is 7.54. The first kappa shape index (κ1) is 18.0. The highest BCUT2D eigenvalue weighted by Crippen LogP contribution is 2.46. The smallest absolute Gasteiger partial charge is 0.254 e. The summed E-state index contributed by atoms with van der Waals surface area (Å²) in [5.41, 5.74) is 0.627. The third kappa shape index (κ3) is 3.77. The molecule has 0 atom stereocenters. The molecule has 1 aromatic carbocycles. The van der Waals surface area contributed by atoms with E-state index >= 15 is 0 Å². The minimum absolute atomic E-state index is 0.289. The van der Waals surface area contributed by atoms with Gasteiger partial charge >= 0.3 is 0 Å². The number of amides is 1. The van der Waals surface area contributed by atoms with Gasteiger partial charge in [-0.25, -0.2) is 0 Å². The van der Waals surface area contributed by atoms with Crippen molar-refractivity contribution in [1.29, 1.82) is 0 Å². The van der Waals surface area contributed by atoms with E-state index in [9.17, 15) is 4.79 Å². The second kappa shape index (κ2) is 8.51. The van der Waals surface area contributed by atoms with Gasteiger partial charge in [-0.1, -0.05) is 0 Å². The quantitative estimate of drug-likeness (QED) is 0.750. The summed E-state index contributed by atoms with van der Waals surface area (Å²) in [5, 5.41) is 2.88. The number of aliphatic imine (C=N–C) groups is 1. The first-order valence-electron chi connectivity index (χ1n) is 7.54. The molecule has 1 aliphatic heterocycles. The highest BCUT2D eigenvalue weighted by molar-refractivity contribution is 6.02. The van der Waals surface area contributed by atoms with E-state index in [0.29, 0.717) is 48.4 Å². The lowest BCUT2D eigenvalue weighted by Gasteiger charge is -2.26. The highest BCUT2D eigenvalue weighted by Gasteiger charge is 2.24. The Labute approximate surface area is 141 Å². The van der Waals surface area contributed by atoms with Crippen molar-refractivity contribution >= 4 is 18.3 Å². The molecule has 0 unspecified atom stereocenters. The van der Waals surface area contributed by atoms with Crippen LogP contribution in [0.4, 0.5) is 5.69 Å². The maximum absolute atomic E-state index is 12.6. The molecule has 1 fully saturated rings. The lowest BCUT2D eigenvalue weighted by molar-refractivity contribution is 0.0334. The van der Waals surface area contributed by atoms with Crippen molar-refractivity contribution in [2.75, 3.05) is 54.3 Å². The molecular weight excluding hydrogens is 314 g/mol. The van der Waals surface area contributed by atoms with Crippen LogP contribution >= 0.6 is 0 Å². The molecule has 2 rings (SSSR count). The van der Waals surface area contributed by atoms with Gasteiger partial charge in [0, 0.05) is 13.1 Å². The summed E-state index contributed by atoms with van der Waals surface area (Å²) in [6.07, 6.45) is 0. The molecule has 132 valence electrons. The molecule has 0 radical (unpaired) electrons. The molecule has 1 amide bonds. The number of hydrogen-bond donors (Lipinski definition) is 1. The van der Waals surface area contributed by atoms with E-state index in [0.717, 1.165) is 13.1 Å². The maximum Gasteiger partial charge on any atom is 0.254 e. The first-order chi connectivity index (χ1) is 11.7. The molecule has 0 aromatic heterocycles. The zero-order valence-electron chi connectivity index (χ0n) is 14.3. The number of nitrogens with zero attached hydrogens (tertiary/aromatic N) is 2. The van der Waals surface area contributed by atoms with Gasteiger partial charge in [-0.2, -0.15) is 0 Å². The molecule has 24 heavy (non-hydrogen) atoms. The van der Waals surface area contributed by atoms with Crippen molar-refractivity contribution in [3.05, 3.63) is 11.6 Å². The van der Waals surface area contributed by atoms with Crippen LogP contribution in [0, 0.1) is 0 Å². The van der Waals surface area contributed by atoms with Crippen molar-refractivity contribution in [2.24, 2.45) is 4.99 Å². The zero-order chi connectivity index (χ0) is 17.5. The van der Waals surface area contributed by atoms with Gasteiger partial charge in [0.05, 0.1) is 46.8 Å². The molecule has 0 saturated carbocycles. The fourth-order valence-corrected chi connectivity index (χ4v) is 2.51. The van der Waals surface area contributed by atoms with Crippen LogP contribution in [0.5, 0.6) is 17.2 Å². The Hall–Kier alpha value is -2.32. The van der Waals surface area contributed by atoms with Crippen LogP contribution in [-0.2, 0) is 4.74 Å². The molecule has 8 nitrogen and oxygen atoms in total. The number of benzene rings is 1. The Kier molecular flexibility index (Phi) is 6.39. The number of hydrogen-bond acceptors (Lipinski definition) is 7. The van der Waals surface area contributed by atoms with Crippen molar-refractivity contribution in [3.8, 4) is 17.2 Å². The molecule has 0 aliphatic carbocycles. The molecule has 0 spiro atoms.